The Bertz CT molecular complexity index is 785. The van der Waals surface area contributed by atoms with Gasteiger partial charge in [0.15, 0.2) is 0 Å². The number of carbonyl (C=O) groups excluding carboxylic acids is 1. The van der Waals surface area contributed by atoms with Crippen LogP contribution in [0, 0.1) is 0 Å². The smallest absolute Gasteiger partial charge is 0.292 e. The summed E-state index contributed by atoms with van der Waals surface area (Å²) in [5.74, 6) is 0.926. The van der Waals surface area contributed by atoms with Gasteiger partial charge in [-0.2, -0.15) is 0 Å². The molecule has 0 radical (unpaired) electrons. The predicted octanol–water partition coefficient (Wildman–Crippen LogP) is 0.221. The monoisotopic (exact) mass is 375 g/mol. The van der Waals surface area contributed by atoms with E-state index in [1.165, 1.54) is 13.2 Å². The van der Waals surface area contributed by atoms with Crippen LogP contribution in [0.5, 0.6) is 5.88 Å². The molecule has 27 heavy (non-hydrogen) atoms. The second-order valence-corrected chi connectivity index (χ2v) is 6.53. The predicted molar refractivity (Wildman–Crippen MR) is 92.7 cm³/mol. The minimum absolute atomic E-state index is 0.143. The highest BCUT2D eigenvalue weighted by molar-refractivity contribution is 5.91. The summed E-state index contributed by atoms with van der Waals surface area (Å²) in [6.45, 7) is 3.43. The van der Waals surface area contributed by atoms with Gasteiger partial charge in [-0.1, -0.05) is 0 Å². The van der Waals surface area contributed by atoms with Crippen LogP contribution in [0.1, 0.15) is 10.6 Å². The Morgan fingerprint density at radius 3 is 2.96 bits per heavy atom. The Morgan fingerprint density at radius 1 is 1.26 bits per heavy atom. The van der Waals surface area contributed by atoms with Crippen molar-refractivity contribution in [3.05, 3.63) is 30.4 Å². The molecule has 144 valence electrons. The fraction of sp³-hybridized carbons (Fsp3) is 0.529. The normalized spacial score (nSPS) is 23.3. The van der Waals surface area contributed by atoms with Gasteiger partial charge in [-0.05, 0) is 5.16 Å². The zero-order valence-electron chi connectivity index (χ0n) is 15.0. The lowest BCUT2D eigenvalue weighted by atomic mass is 10.0. The Labute approximate surface area is 156 Å². The first-order valence-corrected chi connectivity index (χ1v) is 8.72. The van der Waals surface area contributed by atoms with Crippen molar-refractivity contribution in [3.8, 4) is 5.88 Å². The summed E-state index contributed by atoms with van der Waals surface area (Å²) in [5, 5.41) is 3.70. The number of ether oxygens (including phenoxy) is 3. The third-order valence-corrected chi connectivity index (χ3v) is 4.67. The minimum atomic E-state index is -0.647. The van der Waals surface area contributed by atoms with Crippen LogP contribution >= 0.6 is 0 Å². The molecule has 10 heteroatoms. The molecule has 0 saturated carbocycles. The third-order valence-electron chi connectivity index (χ3n) is 4.67. The van der Waals surface area contributed by atoms with Gasteiger partial charge in [-0.3, -0.25) is 9.78 Å². The molecule has 2 fully saturated rings. The first kappa shape index (κ1) is 17.7. The summed E-state index contributed by atoms with van der Waals surface area (Å²) in [6.07, 6.45) is 5.00. The number of carbonyl (C=O) groups is 1. The molecule has 1 atom stereocenters. The van der Waals surface area contributed by atoms with E-state index >= 15 is 0 Å². The van der Waals surface area contributed by atoms with Crippen molar-refractivity contribution in [1.29, 1.82) is 0 Å². The molecule has 1 spiro atoms. The number of hydrogen-bond donors (Lipinski definition) is 0. The average molecular weight is 375 g/mol. The highest BCUT2D eigenvalue weighted by atomic mass is 16.6. The standard InChI is InChI=1S/C17H21N5O5/c1-24-15-8-13(27-20-15)16(23)22-5-7-26-17(11-22)10-21(4-6-25-12-17)14-9-18-2-3-19-14/h2-3,8-9H,4-7,10-12H2,1H3. The average Bonchev–Trinajstić information content (AvgIpc) is 3.11. The zero-order chi connectivity index (χ0) is 18.7. The SMILES string of the molecule is COc1cc(C(=O)N2CCOC3(COCCN(c4cnccn4)C3)C2)on1. The summed E-state index contributed by atoms with van der Waals surface area (Å²) in [5.41, 5.74) is -0.647. The highest BCUT2D eigenvalue weighted by Crippen LogP contribution is 2.26. The molecule has 2 aromatic heterocycles. The van der Waals surface area contributed by atoms with Crippen LogP contribution in [0.15, 0.2) is 29.2 Å². The first-order valence-electron chi connectivity index (χ1n) is 8.72. The van der Waals surface area contributed by atoms with Crippen LogP contribution in [-0.4, -0.2) is 84.6 Å². The molecule has 0 aliphatic carbocycles. The number of rotatable bonds is 3. The zero-order valence-corrected chi connectivity index (χ0v) is 15.0. The number of morpholine rings is 1. The fourth-order valence-corrected chi connectivity index (χ4v) is 3.37. The number of methoxy groups -OCH3 is 1. The maximum atomic E-state index is 12.8. The minimum Gasteiger partial charge on any atom is -0.479 e. The first-order chi connectivity index (χ1) is 13.2. The summed E-state index contributed by atoms with van der Waals surface area (Å²) < 4.78 is 22.0. The van der Waals surface area contributed by atoms with E-state index in [0.29, 0.717) is 46.0 Å². The second kappa shape index (κ2) is 7.49. The molecule has 1 amide bonds. The number of anilines is 1. The molecule has 4 rings (SSSR count). The Balaban J connectivity index is 1.52. The van der Waals surface area contributed by atoms with Crippen LogP contribution in [0.4, 0.5) is 5.82 Å². The number of aromatic nitrogens is 3. The van der Waals surface area contributed by atoms with Gasteiger partial charge in [-0.25, -0.2) is 4.98 Å². The van der Waals surface area contributed by atoms with Crippen LogP contribution in [-0.2, 0) is 9.47 Å². The highest BCUT2D eigenvalue weighted by Gasteiger charge is 2.42. The Hall–Kier alpha value is -2.72. The van der Waals surface area contributed by atoms with Gasteiger partial charge in [-0.15, -0.1) is 0 Å². The van der Waals surface area contributed by atoms with Gasteiger partial charge in [0.25, 0.3) is 11.8 Å². The topological polar surface area (TPSA) is 103 Å². The van der Waals surface area contributed by atoms with E-state index in [1.807, 2.05) is 0 Å². The lowest BCUT2D eigenvalue weighted by Gasteiger charge is -2.43. The quantitative estimate of drug-likeness (QED) is 0.745. The lowest BCUT2D eigenvalue weighted by molar-refractivity contribution is -0.124. The van der Waals surface area contributed by atoms with Crippen molar-refractivity contribution < 1.29 is 23.5 Å². The number of nitrogens with zero attached hydrogens (tertiary/aromatic N) is 5. The van der Waals surface area contributed by atoms with Crippen LogP contribution < -0.4 is 9.64 Å². The molecule has 4 heterocycles. The molecule has 0 bridgehead atoms. The van der Waals surface area contributed by atoms with Gasteiger partial charge in [0.1, 0.15) is 11.4 Å². The number of hydrogen-bond acceptors (Lipinski definition) is 9. The van der Waals surface area contributed by atoms with Crippen LogP contribution in [0.2, 0.25) is 0 Å². The van der Waals surface area contributed by atoms with Crippen molar-refractivity contribution in [1.82, 2.24) is 20.0 Å². The molecule has 10 nitrogen and oxygen atoms in total. The van der Waals surface area contributed by atoms with E-state index in [4.69, 9.17) is 18.7 Å². The molecule has 2 aliphatic heterocycles. The van der Waals surface area contributed by atoms with E-state index in [1.54, 1.807) is 23.5 Å². The molecular weight excluding hydrogens is 354 g/mol. The van der Waals surface area contributed by atoms with E-state index in [2.05, 4.69) is 20.0 Å². The number of amides is 1. The van der Waals surface area contributed by atoms with Gasteiger partial charge in [0.2, 0.25) is 5.76 Å². The van der Waals surface area contributed by atoms with Crippen molar-refractivity contribution in [2.75, 3.05) is 58.0 Å². The third kappa shape index (κ3) is 3.71. The maximum Gasteiger partial charge on any atom is 0.292 e. The van der Waals surface area contributed by atoms with Crippen molar-refractivity contribution in [2.45, 2.75) is 5.60 Å². The van der Waals surface area contributed by atoms with E-state index in [9.17, 15) is 4.79 Å². The van der Waals surface area contributed by atoms with Gasteiger partial charge < -0.3 is 28.5 Å². The van der Waals surface area contributed by atoms with Crippen molar-refractivity contribution in [2.24, 2.45) is 0 Å². The molecule has 2 aliphatic rings. The second-order valence-electron chi connectivity index (χ2n) is 6.53. The summed E-state index contributed by atoms with van der Waals surface area (Å²) in [7, 11) is 1.47. The largest absolute Gasteiger partial charge is 0.479 e. The van der Waals surface area contributed by atoms with Crippen molar-refractivity contribution in [3.63, 3.8) is 0 Å². The lowest BCUT2D eigenvalue weighted by Crippen LogP contribution is -2.60. The van der Waals surface area contributed by atoms with E-state index < -0.39 is 5.60 Å². The Morgan fingerprint density at radius 2 is 2.19 bits per heavy atom. The molecule has 0 N–H and O–H groups in total. The fourth-order valence-electron chi connectivity index (χ4n) is 3.37. The van der Waals surface area contributed by atoms with Crippen molar-refractivity contribution >= 4 is 11.7 Å². The van der Waals surface area contributed by atoms with Crippen LogP contribution in [0.3, 0.4) is 0 Å². The molecule has 2 aromatic rings. The van der Waals surface area contributed by atoms with Gasteiger partial charge >= 0.3 is 0 Å². The van der Waals surface area contributed by atoms with Gasteiger partial charge in [0.05, 0.1) is 52.3 Å². The summed E-state index contributed by atoms with van der Waals surface area (Å²) in [4.78, 5) is 25.1. The summed E-state index contributed by atoms with van der Waals surface area (Å²) in [6, 6.07) is 1.49. The molecule has 2 saturated heterocycles. The molecule has 1 unspecified atom stereocenters. The summed E-state index contributed by atoms with van der Waals surface area (Å²) >= 11 is 0. The van der Waals surface area contributed by atoms with E-state index in [-0.39, 0.29) is 17.5 Å². The molecule has 0 aromatic carbocycles. The molecular formula is C17H21N5O5. The van der Waals surface area contributed by atoms with Gasteiger partial charge in [0, 0.05) is 25.5 Å². The Kier molecular flexibility index (Phi) is 4.90. The maximum absolute atomic E-state index is 12.8. The van der Waals surface area contributed by atoms with Crippen LogP contribution in [0.25, 0.3) is 0 Å². The van der Waals surface area contributed by atoms with E-state index in [0.717, 1.165) is 5.82 Å².